The number of nitrogens with one attached hydrogen (secondary N) is 1. The Balaban J connectivity index is 1.74. The van der Waals surface area contributed by atoms with E-state index in [4.69, 9.17) is 9.84 Å². The van der Waals surface area contributed by atoms with E-state index < -0.39 is 5.97 Å². The van der Waals surface area contributed by atoms with Gasteiger partial charge in [0.1, 0.15) is 5.75 Å². The number of fused-ring (bicyclic) bond motifs is 1. The van der Waals surface area contributed by atoms with Crippen molar-refractivity contribution in [3.63, 3.8) is 0 Å². The summed E-state index contributed by atoms with van der Waals surface area (Å²) in [5.74, 6) is 0.250. The van der Waals surface area contributed by atoms with Crippen molar-refractivity contribution in [3.05, 3.63) is 29.3 Å². The van der Waals surface area contributed by atoms with E-state index in [9.17, 15) is 4.79 Å². The SMILES string of the molecule is O=C(O)CCNCCc1ccc2c(c1)CCO2. The second-order valence-electron chi connectivity index (χ2n) is 4.18. The van der Waals surface area contributed by atoms with Crippen molar-refractivity contribution in [2.75, 3.05) is 19.7 Å². The van der Waals surface area contributed by atoms with Crippen molar-refractivity contribution in [1.29, 1.82) is 0 Å². The molecule has 0 bridgehead atoms. The quantitative estimate of drug-likeness (QED) is 0.728. The van der Waals surface area contributed by atoms with Crippen LogP contribution in [0, 0.1) is 0 Å². The molecule has 2 N–H and O–H groups in total. The summed E-state index contributed by atoms with van der Waals surface area (Å²) in [5.41, 5.74) is 2.56. The summed E-state index contributed by atoms with van der Waals surface area (Å²) < 4.78 is 5.44. The van der Waals surface area contributed by atoms with Crippen LogP contribution in [0.2, 0.25) is 0 Å². The molecule has 1 aromatic rings. The molecule has 2 rings (SSSR count). The van der Waals surface area contributed by atoms with E-state index in [1.165, 1.54) is 11.1 Å². The predicted octanol–water partition coefficient (Wildman–Crippen LogP) is 1.23. The highest BCUT2D eigenvalue weighted by molar-refractivity contribution is 5.66. The second kappa shape index (κ2) is 5.68. The Morgan fingerprint density at radius 1 is 1.41 bits per heavy atom. The van der Waals surface area contributed by atoms with Crippen LogP contribution >= 0.6 is 0 Å². The van der Waals surface area contributed by atoms with Crippen molar-refractivity contribution in [2.45, 2.75) is 19.3 Å². The van der Waals surface area contributed by atoms with E-state index in [1.807, 2.05) is 6.07 Å². The summed E-state index contributed by atoms with van der Waals surface area (Å²) in [7, 11) is 0. The average Bonchev–Trinajstić information content (AvgIpc) is 2.75. The number of rotatable bonds is 6. The third-order valence-electron chi connectivity index (χ3n) is 2.86. The molecule has 4 heteroatoms. The number of carboxylic acids is 1. The molecule has 1 aliphatic heterocycles. The number of benzene rings is 1. The number of ether oxygens (including phenoxy) is 1. The monoisotopic (exact) mass is 235 g/mol. The molecule has 0 fully saturated rings. The van der Waals surface area contributed by atoms with Crippen LogP contribution in [0.5, 0.6) is 5.75 Å². The lowest BCUT2D eigenvalue weighted by molar-refractivity contribution is -0.136. The summed E-state index contributed by atoms with van der Waals surface area (Å²) in [6, 6.07) is 6.28. The van der Waals surface area contributed by atoms with Gasteiger partial charge in [-0.2, -0.15) is 0 Å². The molecular formula is C13H17NO3. The number of hydrogen-bond donors (Lipinski definition) is 2. The van der Waals surface area contributed by atoms with Gasteiger partial charge in [0.25, 0.3) is 0 Å². The van der Waals surface area contributed by atoms with Crippen molar-refractivity contribution >= 4 is 5.97 Å². The van der Waals surface area contributed by atoms with Gasteiger partial charge in [-0.05, 0) is 30.2 Å². The van der Waals surface area contributed by atoms with Crippen molar-refractivity contribution in [1.82, 2.24) is 5.32 Å². The Morgan fingerprint density at radius 3 is 3.12 bits per heavy atom. The van der Waals surface area contributed by atoms with Crippen LogP contribution in [0.25, 0.3) is 0 Å². The van der Waals surface area contributed by atoms with Gasteiger partial charge < -0.3 is 15.2 Å². The number of aliphatic carboxylic acids is 1. The molecule has 0 atom stereocenters. The molecule has 0 aliphatic carbocycles. The first kappa shape index (κ1) is 11.9. The highest BCUT2D eigenvalue weighted by Crippen LogP contribution is 2.25. The van der Waals surface area contributed by atoms with E-state index in [2.05, 4.69) is 17.4 Å². The summed E-state index contributed by atoms with van der Waals surface area (Å²) >= 11 is 0. The zero-order valence-electron chi connectivity index (χ0n) is 9.74. The maximum Gasteiger partial charge on any atom is 0.304 e. The second-order valence-corrected chi connectivity index (χ2v) is 4.18. The highest BCUT2D eigenvalue weighted by atomic mass is 16.5. The van der Waals surface area contributed by atoms with Gasteiger partial charge in [0.2, 0.25) is 0 Å². The molecule has 0 spiro atoms. The molecule has 0 saturated heterocycles. The Bertz CT molecular complexity index is 404. The van der Waals surface area contributed by atoms with Gasteiger partial charge in [0.05, 0.1) is 13.0 Å². The molecular weight excluding hydrogens is 218 g/mol. The standard InChI is InChI=1S/C13H17NO3/c15-13(16)4-7-14-6-3-10-1-2-12-11(9-10)5-8-17-12/h1-2,9,14H,3-8H2,(H,15,16). The molecule has 92 valence electrons. The van der Waals surface area contributed by atoms with E-state index in [0.29, 0.717) is 6.54 Å². The summed E-state index contributed by atoms with van der Waals surface area (Å²) in [6.45, 7) is 2.13. The zero-order valence-corrected chi connectivity index (χ0v) is 9.74. The van der Waals surface area contributed by atoms with E-state index in [-0.39, 0.29) is 6.42 Å². The van der Waals surface area contributed by atoms with Gasteiger partial charge in [-0.25, -0.2) is 0 Å². The minimum Gasteiger partial charge on any atom is -0.493 e. The third-order valence-corrected chi connectivity index (χ3v) is 2.86. The van der Waals surface area contributed by atoms with Crippen LogP contribution in [-0.2, 0) is 17.6 Å². The molecule has 0 aromatic heterocycles. The van der Waals surface area contributed by atoms with Gasteiger partial charge in [0.15, 0.2) is 0 Å². The number of carboxylic acid groups (broad SMARTS) is 1. The summed E-state index contributed by atoms with van der Waals surface area (Å²) in [4.78, 5) is 10.3. The maximum atomic E-state index is 10.3. The van der Waals surface area contributed by atoms with Gasteiger partial charge in [-0.1, -0.05) is 12.1 Å². The van der Waals surface area contributed by atoms with Crippen LogP contribution in [0.1, 0.15) is 17.5 Å². The largest absolute Gasteiger partial charge is 0.493 e. The minimum absolute atomic E-state index is 0.179. The smallest absolute Gasteiger partial charge is 0.304 e. The summed E-state index contributed by atoms with van der Waals surface area (Å²) in [6.07, 6.45) is 2.10. The van der Waals surface area contributed by atoms with Crippen LogP contribution in [0.15, 0.2) is 18.2 Å². The van der Waals surface area contributed by atoms with Crippen LogP contribution in [0.3, 0.4) is 0 Å². The Labute approximate surface area is 101 Å². The number of hydrogen-bond acceptors (Lipinski definition) is 3. The fraction of sp³-hybridized carbons (Fsp3) is 0.462. The van der Waals surface area contributed by atoms with Crippen LogP contribution in [0.4, 0.5) is 0 Å². The van der Waals surface area contributed by atoms with Gasteiger partial charge in [-0.15, -0.1) is 0 Å². The van der Waals surface area contributed by atoms with Gasteiger partial charge in [0, 0.05) is 13.0 Å². The van der Waals surface area contributed by atoms with Crippen LogP contribution in [-0.4, -0.2) is 30.8 Å². The molecule has 0 radical (unpaired) electrons. The molecule has 1 aliphatic rings. The Morgan fingerprint density at radius 2 is 2.29 bits per heavy atom. The van der Waals surface area contributed by atoms with E-state index in [0.717, 1.165) is 31.7 Å². The maximum absolute atomic E-state index is 10.3. The van der Waals surface area contributed by atoms with Crippen molar-refractivity contribution < 1.29 is 14.6 Å². The molecule has 4 nitrogen and oxygen atoms in total. The highest BCUT2D eigenvalue weighted by Gasteiger charge is 2.11. The molecule has 0 amide bonds. The van der Waals surface area contributed by atoms with Crippen molar-refractivity contribution in [3.8, 4) is 5.75 Å². The summed E-state index contributed by atoms with van der Waals surface area (Å²) in [5, 5.41) is 11.6. The lowest BCUT2D eigenvalue weighted by Crippen LogP contribution is -2.20. The third kappa shape index (κ3) is 3.46. The van der Waals surface area contributed by atoms with Gasteiger partial charge in [-0.3, -0.25) is 4.79 Å². The molecule has 1 heterocycles. The van der Waals surface area contributed by atoms with Crippen LogP contribution < -0.4 is 10.1 Å². The lowest BCUT2D eigenvalue weighted by atomic mass is 10.1. The Kier molecular flexibility index (Phi) is 3.98. The first-order chi connectivity index (χ1) is 8.25. The normalized spacial score (nSPS) is 13.2. The van der Waals surface area contributed by atoms with E-state index >= 15 is 0 Å². The van der Waals surface area contributed by atoms with Gasteiger partial charge >= 0.3 is 5.97 Å². The number of carbonyl (C=O) groups is 1. The molecule has 0 unspecified atom stereocenters. The minimum atomic E-state index is -0.757. The fourth-order valence-electron chi connectivity index (χ4n) is 1.95. The molecule has 1 aromatic carbocycles. The average molecular weight is 235 g/mol. The topological polar surface area (TPSA) is 58.6 Å². The Hall–Kier alpha value is -1.55. The first-order valence-electron chi connectivity index (χ1n) is 5.93. The molecule has 17 heavy (non-hydrogen) atoms. The first-order valence-corrected chi connectivity index (χ1v) is 5.93. The fourth-order valence-corrected chi connectivity index (χ4v) is 1.95. The molecule has 0 saturated carbocycles. The predicted molar refractivity (Wildman–Crippen MR) is 64.5 cm³/mol. The lowest BCUT2D eigenvalue weighted by Gasteiger charge is -2.05. The zero-order chi connectivity index (χ0) is 12.1. The van der Waals surface area contributed by atoms with Crippen molar-refractivity contribution in [2.24, 2.45) is 0 Å². The van der Waals surface area contributed by atoms with E-state index in [1.54, 1.807) is 0 Å².